The first-order valence-electron chi connectivity index (χ1n) is 10.3. The van der Waals surface area contributed by atoms with Crippen molar-refractivity contribution in [2.75, 3.05) is 19.6 Å². The van der Waals surface area contributed by atoms with Gasteiger partial charge in [-0.3, -0.25) is 4.79 Å². The fourth-order valence-electron chi connectivity index (χ4n) is 4.53. The molecule has 0 saturated carbocycles. The summed E-state index contributed by atoms with van der Waals surface area (Å²) in [4.78, 5) is 14.7. The van der Waals surface area contributed by atoms with Gasteiger partial charge in [-0.05, 0) is 63.1 Å². The largest absolute Gasteiger partial charge is 0.491 e. The quantitative estimate of drug-likeness (QED) is 0.802. The Morgan fingerprint density at radius 2 is 1.77 bits per heavy atom. The van der Waals surface area contributed by atoms with Crippen LogP contribution in [0.25, 0.3) is 0 Å². The minimum Gasteiger partial charge on any atom is -0.491 e. The van der Waals surface area contributed by atoms with E-state index in [1.54, 1.807) is 35.2 Å². The van der Waals surface area contributed by atoms with Crippen LogP contribution in [0.15, 0.2) is 36.4 Å². The number of halogens is 3. The zero-order valence-electron chi connectivity index (χ0n) is 17.1. The van der Waals surface area contributed by atoms with E-state index in [0.717, 1.165) is 0 Å². The van der Waals surface area contributed by atoms with Crippen LogP contribution in [-0.2, 0) is 18.3 Å². The molecule has 1 N–H and O–H groups in total. The first-order valence-corrected chi connectivity index (χ1v) is 10.3. The number of ether oxygens (including phenoxy) is 1. The zero-order valence-corrected chi connectivity index (χ0v) is 17.1. The van der Waals surface area contributed by atoms with Gasteiger partial charge in [-0.25, -0.2) is 0 Å². The molecule has 1 aromatic carbocycles. The summed E-state index contributed by atoms with van der Waals surface area (Å²) in [5.41, 5.74) is 0.137. The van der Waals surface area contributed by atoms with Crippen molar-refractivity contribution in [1.29, 1.82) is 0 Å². The number of alkyl halides is 3. The van der Waals surface area contributed by atoms with Gasteiger partial charge in [-0.15, -0.1) is 0 Å². The molecule has 2 aliphatic heterocycles. The summed E-state index contributed by atoms with van der Waals surface area (Å²) in [5.74, 6) is 0.648. The van der Waals surface area contributed by atoms with Crippen LogP contribution in [0.1, 0.15) is 49.9 Å². The number of nitrogens with zero attached hydrogens (tertiary/aromatic N) is 2. The van der Waals surface area contributed by atoms with Crippen LogP contribution in [0.3, 0.4) is 0 Å². The fourth-order valence-corrected chi connectivity index (χ4v) is 4.53. The lowest BCUT2D eigenvalue weighted by molar-refractivity contribution is -0.144. The summed E-state index contributed by atoms with van der Waals surface area (Å²) >= 11 is 0. The molecule has 0 radical (unpaired) electrons. The highest BCUT2D eigenvalue weighted by Crippen LogP contribution is 2.40. The minimum absolute atomic E-state index is 0. The lowest BCUT2D eigenvalue weighted by Gasteiger charge is -2.45. The highest BCUT2D eigenvalue weighted by molar-refractivity contribution is 5.94. The van der Waals surface area contributed by atoms with Crippen molar-refractivity contribution in [1.82, 2.24) is 14.8 Å². The van der Waals surface area contributed by atoms with Crippen LogP contribution in [0.5, 0.6) is 5.75 Å². The Bertz CT molecular complexity index is 917. The van der Waals surface area contributed by atoms with Gasteiger partial charge in [0.1, 0.15) is 11.4 Å². The number of aromatic nitrogens is 1. The Hall–Kier alpha value is -2.48. The van der Waals surface area contributed by atoms with Gasteiger partial charge in [-0.2, -0.15) is 13.2 Å². The molecule has 2 aromatic rings. The van der Waals surface area contributed by atoms with Gasteiger partial charge in [0.15, 0.2) is 0 Å². The van der Waals surface area contributed by atoms with Crippen molar-refractivity contribution in [2.24, 2.45) is 0 Å². The number of carbonyl (C=O) groups excluding carboxylic acids is 1. The minimum atomic E-state index is -4.36. The summed E-state index contributed by atoms with van der Waals surface area (Å²) in [6.07, 6.45) is -3.15. The summed E-state index contributed by atoms with van der Waals surface area (Å²) < 4.78 is 46.9. The van der Waals surface area contributed by atoms with Crippen LogP contribution in [0.2, 0.25) is 0 Å². The Labute approximate surface area is 175 Å². The van der Waals surface area contributed by atoms with Gasteiger partial charge < -0.3 is 19.5 Å². The molecule has 2 aliphatic rings. The van der Waals surface area contributed by atoms with Gasteiger partial charge in [0.25, 0.3) is 5.91 Å². The molecule has 0 bridgehead atoms. The van der Waals surface area contributed by atoms with Gasteiger partial charge >= 0.3 is 6.18 Å². The number of benzene rings is 1. The molecular weight excluding hydrogens is 395 g/mol. The first kappa shape index (κ1) is 20.8. The molecule has 1 saturated heterocycles. The summed E-state index contributed by atoms with van der Waals surface area (Å²) in [5, 5.41) is 3.44. The molecular formula is C22H28F3N3O2. The van der Waals surface area contributed by atoms with Crippen molar-refractivity contribution in [3.63, 3.8) is 0 Å². The molecule has 3 heterocycles. The molecule has 0 unspecified atom stereocenters. The van der Waals surface area contributed by atoms with E-state index in [9.17, 15) is 18.0 Å². The van der Waals surface area contributed by atoms with E-state index in [2.05, 4.69) is 5.32 Å². The number of piperidine rings is 1. The smallest absolute Gasteiger partial charge is 0.431 e. The third kappa shape index (κ3) is 3.80. The van der Waals surface area contributed by atoms with E-state index in [1.807, 2.05) is 13.8 Å². The average Bonchev–Trinajstić information content (AvgIpc) is 3.15. The van der Waals surface area contributed by atoms with Crippen LogP contribution in [-0.4, -0.2) is 41.1 Å². The molecule has 5 nitrogen and oxygen atoms in total. The molecule has 1 fully saturated rings. The lowest BCUT2D eigenvalue weighted by Crippen LogP contribution is -2.56. The van der Waals surface area contributed by atoms with Gasteiger partial charge in [0.05, 0.1) is 11.6 Å². The number of nitrogens with one attached hydrogen (secondary N) is 1. The van der Waals surface area contributed by atoms with Crippen molar-refractivity contribution in [2.45, 2.75) is 51.1 Å². The highest BCUT2D eigenvalue weighted by Gasteiger charge is 2.44. The number of carbonyl (C=O) groups is 1. The molecule has 4 rings (SSSR count). The number of hydrogen-bond donors (Lipinski definition) is 1. The maximum absolute atomic E-state index is 13.3. The van der Waals surface area contributed by atoms with Gasteiger partial charge in [-0.1, -0.05) is 0 Å². The van der Waals surface area contributed by atoms with Crippen LogP contribution < -0.4 is 10.1 Å². The van der Waals surface area contributed by atoms with Crippen LogP contribution in [0, 0.1) is 0 Å². The highest BCUT2D eigenvalue weighted by atomic mass is 19.4. The molecule has 8 heteroatoms. The second kappa shape index (κ2) is 7.65. The molecule has 0 aliphatic carbocycles. The van der Waals surface area contributed by atoms with Crippen LogP contribution >= 0.6 is 0 Å². The average molecular weight is 423 g/mol. The third-order valence-electron chi connectivity index (χ3n) is 5.94. The van der Waals surface area contributed by atoms with Crippen LogP contribution in [0.4, 0.5) is 13.2 Å². The van der Waals surface area contributed by atoms with Gasteiger partial charge in [0, 0.05) is 38.9 Å². The third-order valence-corrected chi connectivity index (χ3v) is 5.94. The van der Waals surface area contributed by atoms with E-state index < -0.39 is 17.4 Å². The second-order valence-electron chi connectivity index (χ2n) is 8.25. The summed E-state index contributed by atoms with van der Waals surface area (Å²) in [7, 11) is 0. The number of hydrogen-bond acceptors (Lipinski definition) is 3. The van der Waals surface area contributed by atoms with Crippen molar-refractivity contribution in [3.05, 3.63) is 53.3 Å². The number of likely N-dealkylation sites (tertiary alicyclic amines) is 1. The van der Waals surface area contributed by atoms with E-state index in [-0.39, 0.29) is 13.4 Å². The van der Waals surface area contributed by atoms with E-state index in [0.29, 0.717) is 56.0 Å². The predicted octanol–water partition coefficient (Wildman–Crippen LogP) is 4.27. The van der Waals surface area contributed by atoms with E-state index in [1.165, 1.54) is 10.6 Å². The summed E-state index contributed by atoms with van der Waals surface area (Å²) in [6, 6.07) is 9.83. The maximum Gasteiger partial charge on any atom is 0.431 e. The maximum atomic E-state index is 13.3. The van der Waals surface area contributed by atoms with Gasteiger partial charge in [0.2, 0.25) is 0 Å². The van der Waals surface area contributed by atoms with Crippen molar-refractivity contribution in [3.8, 4) is 5.75 Å². The second-order valence-corrected chi connectivity index (χ2v) is 8.25. The Morgan fingerprint density at radius 1 is 1.10 bits per heavy atom. The standard InChI is InChI=1S/C22H26F3N3O2.H2/c1-15(2)30-17-5-3-16(4-6-17)20(29)27-12-9-21(10-13-27)18-7-8-19(22(23,24)25)28(18)14-11-26-21;/h3-8,15,26H,9-14H2,1-2H3;1H. The van der Waals surface area contributed by atoms with E-state index in [4.69, 9.17) is 4.74 Å². The Kier molecular flexibility index (Phi) is 5.30. The fraction of sp³-hybridized carbons (Fsp3) is 0.500. The summed E-state index contributed by atoms with van der Waals surface area (Å²) in [6.45, 7) is 5.64. The van der Waals surface area contributed by atoms with E-state index >= 15 is 0 Å². The SMILES string of the molecule is CC(C)Oc1ccc(C(=O)N2CCC3(CC2)NCCn2c(C(F)(F)F)ccc23)cc1.[HH]. The monoisotopic (exact) mass is 423 g/mol. The van der Waals surface area contributed by atoms with Crippen molar-refractivity contribution >= 4 is 5.91 Å². The topological polar surface area (TPSA) is 46.5 Å². The molecule has 1 spiro atoms. The predicted molar refractivity (Wildman–Crippen MR) is 109 cm³/mol. The zero-order chi connectivity index (χ0) is 21.5. The molecule has 164 valence electrons. The normalized spacial score (nSPS) is 18.5. The number of rotatable bonds is 3. The lowest BCUT2D eigenvalue weighted by atomic mass is 9.83. The first-order chi connectivity index (χ1) is 14.2. The number of amides is 1. The molecule has 0 atom stereocenters. The number of fused-ring (bicyclic) bond motifs is 2. The Balaban J connectivity index is 0.00000272. The molecule has 1 amide bonds. The van der Waals surface area contributed by atoms with Crippen molar-refractivity contribution < 1.29 is 24.1 Å². The molecule has 1 aromatic heterocycles. The molecule has 30 heavy (non-hydrogen) atoms. The Morgan fingerprint density at radius 3 is 2.37 bits per heavy atom.